The summed E-state index contributed by atoms with van der Waals surface area (Å²) in [5.41, 5.74) is 5.96. The van der Waals surface area contributed by atoms with E-state index in [0.29, 0.717) is 0 Å². The van der Waals surface area contributed by atoms with Crippen LogP contribution in [-0.4, -0.2) is 18.5 Å². The highest BCUT2D eigenvalue weighted by Gasteiger charge is 2.14. The van der Waals surface area contributed by atoms with E-state index in [0.717, 1.165) is 13.1 Å². The van der Waals surface area contributed by atoms with Gasteiger partial charge in [-0.05, 0) is 48.6 Å². The molecule has 1 nitrogen and oxygen atoms in total. The maximum atomic E-state index is 2.38. The fourth-order valence-electron chi connectivity index (χ4n) is 3.14. The molecule has 0 spiro atoms. The van der Waals surface area contributed by atoms with Gasteiger partial charge in [-0.1, -0.05) is 60.7 Å². The zero-order valence-electron chi connectivity index (χ0n) is 12.8. The molecule has 0 fully saturated rings. The predicted molar refractivity (Wildman–Crippen MR) is 90.3 cm³/mol. The molecule has 0 bridgehead atoms. The summed E-state index contributed by atoms with van der Waals surface area (Å²) in [6.07, 6.45) is 8.30. The van der Waals surface area contributed by atoms with Crippen LogP contribution in [0, 0.1) is 0 Å². The van der Waals surface area contributed by atoms with E-state index in [2.05, 4.69) is 72.6 Å². The van der Waals surface area contributed by atoms with Gasteiger partial charge in [0.05, 0.1) is 0 Å². The van der Waals surface area contributed by atoms with E-state index in [-0.39, 0.29) is 0 Å². The average Bonchev–Trinajstić information content (AvgIpc) is 2.98. The minimum atomic E-state index is 0.985. The summed E-state index contributed by atoms with van der Waals surface area (Å²) < 4.78 is 0. The third-order valence-corrected chi connectivity index (χ3v) is 4.21. The van der Waals surface area contributed by atoms with Crippen molar-refractivity contribution in [2.75, 3.05) is 13.6 Å². The Labute approximate surface area is 127 Å². The third-order valence-electron chi connectivity index (χ3n) is 4.21. The van der Waals surface area contributed by atoms with Gasteiger partial charge in [0.1, 0.15) is 0 Å². The Kier molecular flexibility index (Phi) is 4.52. The fraction of sp³-hybridized carbons (Fsp3) is 0.300. The molecule has 1 aliphatic rings. The monoisotopic (exact) mass is 277 g/mol. The molecule has 2 aromatic rings. The summed E-state index contributed by atoms with van der Waals surface area (Å²) in [6, 6.07) is 17.3. The van der Waals surface area contributed by atoms with Crippen LogP contribution in [0.2, 0.25) is 0 Å². The number of hydrogen-bond acceptors (Lipinski definition) is 1. The second kappa shape index (κ2) is 6.73. The molecule has 0 aromatic heterocycles. The zero-order chi connectivity index (χ0) is 14.5. The minimum absolute atomic E-state index is 0.985. The van der Waals surface area contributed by atoms with E-state index in [1.54, 1.807) is 11.1 Å². The van der Waals surface area contributed by atoms with Crippen molar-refractivity contribution in [2.24, 2.45) is 0 Å². The van der Waals surface area contributed by atoms with Crippen molar-refractivity contribution in [3.63, 3.8) is 0 Å². The number of benzene rings is 2. The quantitative estimate of drug-likeness (QED) is 0.786. The van der Waals surface area contributed by atoms with Gasteiger partial charge < -0.3 is 0 Å². The Morgan fingerprint density at radius 2 is 1.86 bits per heavy atom. The number of fused-ring (bicyclic) bond motifs is 1. The molecule has 0 radical (unpaired) electrons. The van der Waals surface area contributed by atoms with Gasteiger partial charge in [-0.15, -0.1) is 0 Å². The smallest absolute Gasteiger partial charge is 0.0236 e. The van der Waals surface area contributed by atoms with Crippen LogP contribution in [0.25, 0.3) is 6.08 Å². The van der Waals surface area contributed by atoms with Crippen LogP contribution in [0.3, 0.4) is 0 Å². The van der Waals surface area contributed by atoms with Gasteiger partial charge in [-0.3, -0.25) is 4.90 Å². The molecular formula is C20H23N. The van der Waals surface area contributed by atoms with Gasteiger partial charge in [0.15, 0.2) is 0 Å². The lowest BCUT2D eigenvalue weighted by atomic mass is 10.0. The summed E-state index contributed by atoms with van der Waals surface area (Å²) in [5, 5.41) is 0. The van der Waals surface area contributed by atoms with Crippen LogP contribution < -0.4 is 0 Å². The number of likely N-dealkylation sites (N-methyl/N-ethyl adjacent to an activating group) is 1. The van der Waals surface area contributed by atoms with Crippen LogP contribution in [0.15, 0.2) is 54.6 Å². The topological polar surface area (TPSA) is 3.24 Å². The molecule has 2 aromatic carbocycles. The largest absolute Gasteiger partial charge is 0.298 e. The second-order valence-corrected chi connectivity index (χ2v) is 5.92. The highest BCUT2D eigenvalue weighted by atomic mass is 15.1. The van der Waals surface area contributed by atoms with Crippen LogP contribution in [0.5, 0.6) is 0 Å². The van der Waals surface area contributed by atoms with Gasteiger partial charge in [0.25, 0.3) is 0 Å². The highest BCUT2D eigenvalue weighted by Crippen LogP contribution is 2.25. The third kappa shape index (κ3) is 3.62. The summed E-state index contributed by atoms with van der Waals surface area (Å²) in [7, 11) is 2.20. The lowest BCUT2D eigenvalue weighted by molar-refractivity contribution is 0.363. The molecule has 3 rings (SSSR count). The first-order chi connectivity index (χ1) is 10.3. The van der Waals surface area contributed by atoms with E-state index >= 15 is 0 Å². The number of rotatable bonds is 5. The molecule has 21 heavy (non-hydrogen) atoms. The molecule has 0 amide bonds. The Bertz CT molecular complexity index is 613. The van der Waals surface area contributed by atoms with Crippen molar-refractivity contribution < 1.29 is 0 Å². The lowest BCUT2D eigenvalue weighted by Gasteiger charge is -2.17. The second-order valence-electron chi connectivity index (χ2n) is 5.92. The molecule has 108 valence electrons. The molecule has 0 N–H and O–H groups in total. The predicted octanol–water partition coefficient (Wildman–Crippen LogP) is 4.32. The molecule has 0 aliphatic heterocycles. The molecular weight excluding hydrogens is 254 g/mol. The van der Waals surface area contributed by atoms with Gasteiger partial charge in [-0.2, -0.15) is 0 Å². The number of nitrogens with zero attached hydrogens (tertiary/aromatic N) is 1. The summed E-state index contributed by atoms with van der Waals surface area (Å²) in [4.78, 5) is 2.38. The maximum absolute atomic E-state index is 2.38. The standard InChI is InChI=1S/C20H23N/c1-21(15-7-10-17-8-3-2-4-9-17)16-19-13-5-11-18-12-6-14-20(18)19/h2-5,7-11,13H,6,12,14-16H2,1H3/b10-7+. The van der Waals surface area contributed by atoms with Crippen molar-refractivity contribution in [3.05, 3.63) is 76.9 Å². The van der Waals surface area contributed by atoms with Crippen molar-refractivity contribution in [2.45, 2.75) is 25.8 Å². The molecule has 0 saturated carbocycles. The van der Waals surface area contributed by atoms with E-state index < -0.39 is 0 Å². The normalized spacial score (nSPS) is 14.0. The Morgan fingerprint density at radius 1 is 1.00 bits per heavy atom. The average molecular weight is 277 g/mol. The van der Waals surface area contributed by atoms with Crippen LogP contribution in [-0.2, 0) is 19.4 Å². The Morgan fingerprint density at radius 3 is 2.71 bits per heavy atom. The van der Waals surface area contributed by atoms with E-state index in [1.807, 2.05) is 0 Å². The minimum Gasteiger partial charge on any atom is -0.298 e. The molecule has 0 unspecified atom stereocenters. The Hall–Kier alpha value is -1.86. The molecule has 0 atom stereocenters. The summed E-state index contributed by atoms with van der Waals surface area (Å²) >= 11 is 0. The first kappa shape index (κ1) is 14.1. The fourth-order valence-corrected chi connectivity index (χ4v) is 3.14. The van der Waals surface area contributed by atoms with E-state index in [4.69, 9.17) is 0 Å². The van der Waals surface area contributed by atoms with Gasteiger partial charge in [-0.25, -0.2) is 0 Å². The van der Waals surface area contributed by atoms with E-state index in [9.17, 15) is 0 Å². The Balaban J connectivity index is 1.59. The van der Waals surface area contributed by atoms with Gasteiger partial charge in [0, 0.05) is 13.1 Å². The van der Waals surface area contributed by atoms with Crippen LogP contribution >= 0.6 is 0 Å². The molecule has 1 heteroatoms. The molecule has 0 saturated heterocycles. The number of aryl methyl sites for hydroxylation is 1. The van der Waals surface area contributed by atoms with Gasteiger partial charge >= 0.3 is 0 Å². The first-order valence-electron chi connectivity index (χ1n) is 7.83. The van der Waals surface area contributed by atoms with Crippen molar-refractivity contribution in [1.82, 2.24) is 4.90 Å². The van der Waals surface area contributed by atoms with Crippen molar-refractivity contribution in [3.8, 4) is 0 Å². The lowest BCUT2D eigenvalue weighted by Crippen LogP contribution is -2.18. The van der Waals surface area contributed by atoms with Crippen LogP contribution in [0.1, 0.15) is 28.7 Å². The highest BCUT2D eigenvalue weighted by molar-refractivity contribution is 5.48. The van der Waals surface area contributed by atoms with Crippen molar-refractivity contribution >= 4 is 6.08 Å². The van der Waals surface area contributed by atoms with Gasteiger partial charge in [0.2, 0.25) is 0 Å². The van der Waals surface area contributed by atoms with E-state index in [1.165, 1.54) is 30.4 Å². The zero-order valence-corrected chi connectivity index (χ0v) is 12.8. The SMILES string of the molecule is CN(C/C=C/c1ccccc1)Cc1cccc2c1CCC2. The molecule has 1 aliphatic carbocycles. The van der Waals surface area contributed by atoms with Crippen LogP contribution in [0.4, 0.5) is 0 Å². The maximum Gasteiger partial charge on any atom is 0.0236 e. The first-order valence-corrected chi connectivity index (χ1v) is 7.83. The number of hydrogen-bond donors (Lipinski definition) is 0. The summed E-state index contributed by atoms with van der Waals surface area (Å²) in [5.74, 6) is 0. The van der Waals surface area contributed by atoms with Crippen molar-refractivity contribution in [1.29, 1.82) is 0 Å². The molecule has 0 heterocycles. The summed E-state index contributed by atoms with van der Waals surface area (Å²) in [6.45, 7) is 2.03.